The molecule has 2 aliphatic rings. The zero-order valence-electron chi connectivity index (χ0n) is 5.91. The topological polar surface area (TPSA) is 68.7 Å². The average Bonchev–Trinajstić information content (AvgIpc) is 2.50. The van der Waals surface area contributed by atoms with Crippen molar-refractivity contribution < 1.29 is 5.11 Å². The summed E-state index contributed by atoms with van der Waals surface area (Å²) in [5.41, 5.74) is 0.995. The van der Waals surface area contributed by atoms with Gasteiger partial charge in [0.2, 0.25) is 0 Å². The van der Waals surface area contributed by atoms with Crippen molar-refractivity contribution in [3.8, 4) is 0 Å². The Balaban J connectivity index is 2.09. The maximum absolute atomic E-state index is 8.78. The fourth-order valence-corrected chi connectivity index (χ4v) is 1.13. The summed E-state index contributed by atoms with van der Waals surface area (Å²) in [5.74, 6) is 0. The maximum atomic E-state index is 8.78. The molecular formula is C6H10N4O. The van der Waals surface area contributed by atoms with Gasteiger partial charge in [-0.15, -0.1) is 0 Å². The molecule has 0 amide bonds. The molecule has 4 N–H and O–H groups in total. The first-order valence-corrected chi connectivity index (χ1v) is 3.51. The molecular weight excluding hydrogens is 144 g/mol. The molecule has 0 radical (unpaired) electrons. The minimum atomic E-state index is -0.0826. The van der Waals surface area contributed by atoms with Gasteiger partial charge in [0, 0.05) is 6.20 Å². The number of nitrogens with zero attached hydrogens (tertiary/aromatic N) is 1. The fraction of sp³-hybridized carbons (Fsp3) is 0.500. The molecule has 0 aromatic rings. The highest BCUT2D eigenvalue weighted by Crippen LogP contribution is 2.07. The second-order valence-electron chi connectivity index (χ2n) is 2.49. The third-order valence-corrected chi connectivity index (χ3v) is 1.73. The van der Waals surface area contributed by atoms with Crippen LogP contribution in [0.1, 0.15) is 0 Å². The monoisotopic (exact) mass is 154 g/mol. The van der Waals surface area contributed by atoms with E-state index >= 15 is 0 Å². The molecule has 0 spiro atoms. The fourth-order valence-electron chi connectivity index (χ4n) is 1.13. The van der Waals surface area contributed by atoms with Crippen LogP contribution < -0.4 is 16.0 Å². The Labute approximate surface area is 64.2 Å². The highest BCUT2D eigenvalue weighted by Gasteiger charge is 2.23. The Hall–Kier alpha value is -1.07. The Morgan fingerprint density at radius 3 is 3.36 bits per heavy atom. The summed E-state index contributed by atoms with van der Waals surface area (Å²) in [5, 5.41) is 17.8. The number of fused-ring (bicyclic) bond motifs is 1. The van der Waals surface area contributed by atoms with Gasteiger partial charge in [-0.25, -0.2) is 0 Å². The molecule has 0 aromatic heterocycles. The number of hydrogen-bond acceptors (Lipinski definition) is 5. The van der Waals surface area contributed by atoms with E-state index in [9.17, 15) is 0 Å². The summed E-state index contributed by atoms with van der Waals surface area (Å²) in [4.78, 5) is 4.09. The summed E-state index contributed by atoms with van der Waals surface area (Å²) in [6, 6.07) is 0. The third-order valence-electron chi connectivity index (χ3n) is 1.73. The van der Waals surface area contributed by atoms with Gasteiger partial charge in [0.1, 0.15) is 12.3 Å². The largest absolute Gasteiger partial charge is 0.393 e. The van der Waals surface area contributed by atoms with Crippen LogP contribution in [-0.4, -0.2) is 30.4 Å². The molecule has 11 heavy (non-hydrogen) atoms. The van der Waals surface area contributed by atoms with E-state index < -0.39 is 0 Å². The number of aliphatic imine (C=N–C) groups is 1. The van der Waals surface area contributed by atoms with E-state index in [4.69, 9.17) is 5.11 Å². The summed E-state index contributed by atoms with van der Waals surface area (Å²) in [7, 11) is 0. The summed E-state index contributed by atoms with van der Waals surface area (Å²) in [6.07, 6.45) is 3.38. The quantitative estimate of drug-likeness (QED) is 0.363. The van der Waals surface area contributed by atoms with Crippen LogP contribution in [0.2, 0.25) is 0 Å². The lowest BCUT2D eigenvalue weighted by atomic mass is 10.3. The van der Waals surface area contributed by atoms with E-state index in [1.165, 1.54) is 0 Å². The van der Waals surface area contributed by atoms with E-state index in [2.05, 4.69) is 20.9 Å². The Bertz CT molecular complexity index is 213. The highest BCUT2D eigenvalue weighted by atomic mass is 16.3. The number of rotatable bonds is 1. The van der Waals surface area contributed by atoms with Gasteiger partial charge in [0.05, 0.1) is 18.6 Å². The molecule has 0 aliphatic carbocycles. The molecule has 5 heteroatoms. The molecule has 0 saturated heterocycles. The molecule has 60 valence electrons. The first-order valence-electron chi connectivity index (χ1n) is 3.51. The predicted octanol–water partition coefficient (Wildman–Crippen LogP) is -1.70. The van der Waals surface area contributed by atoms with Gasteiger partial charge < -0.3 is 15.7 Å². The number of nitrogens with one attached hydrogen (secondary N) is 3. The smallest absolute Gasteiger partial charge is 0.145 e. The van der Waals surface area contributed by atoms with Gasteiger partial charge in [-0.3, -0.25) is 10.3 Å². The van der Waals surface area contributed by atoms with E-state index in [0.717, 1.165) is 5.70 Å². The highest BCUT2D eigenvalue weighted by molar-refractivity contribution is 5.62. The molecule has 5 nitrogen and oxygen atoms in total. The van der Waals surface area contributed by atoms with Gasteiger partial charge in [0.15, 0.2) is 0 Å². The van der Waals surface area contributed by atoms with E-state index in [0.29, 0.717) is 0 Å². The first-order chi connectivity index (χ1) is 5.40. The van der Waals surface area contributed by atoms with Crippen LogP contribution >= 0.6 is 0 Å². The minimum Gasteiger partial charge on any atom is -0.393 e. The van der Waals surface area contributed by atoms with Crippen LogP contribution in [0.4, 0.5) is 0 Å². The predicted molar refractivity (Wildman–Crippen MR) is 40.6 cm³/mol. The average molecular weight is 154 g/mol. The zero-order chi connectivity index (χ0) is 7.68. The van der Waals surface area contributed by atoms with E-state index in [1.807, 2.05) is 6.20 Å². The standard InChI is InChI=1S/C6H10N4O/c11-2-5-7-1-4-6(10-5)9-3-8-4/h1,3,5-7,10-11H,2H2,(H,8,9). The van der Waals surface area contributed by atoms with Crippen LogP contribution in [-0.2, 0) is 0 Å². The Morgan fingerprint density at radius 2 is 2.55 bits per heavy atom. The third kappa shape index (κ3) is 1.08. The normalized spacial score (nSPS) is 33.7. The molecule has 0 aromatic carbocycles. The summed E-state index contributed by atoms with van der Waals surface area (Å²) >= 11 is 0. The number of aliphatic hydroxyl groups excluding tert-OH is 1. The van der Waals surface area contributed by atoms with Crippen LogP contribution in [0.3, 0.4) is 0 Å². The number of hydrogen-bond donors (Lipinski definition) is 4. The first kappa shape index (κ1) is 6.63. The maximum Gasteiger partial charge on any atom is 0.145 e. The van der Waals surface area contributed by atoms with Gasteiger partial charge in [-0.1, -0.05) is 0 Å². The molecule has 0 saturated carbocycles. The summed E-state index contributed by atoms with van der Waals surface area (Å²) < 4.78 is 0. The molecule has 0 fully saturated rings. The minimum absolute atomic E-state index is 0.00611. The van der Waals surface area contributed by atoms with Crippen molar-refractivity contribution in [3.63, 3.8) is 0 Å². The molecule has 2 unspecified atom stereocenters. The Morgan fingerprint density at radius 1 is 1.64 bits per heavy atom. The van der Waals surface area contributed by atoms with Gasteiger partial charge in [-0.05, 0) is 0 Å². The van der Waals surface area contributed by atoms with Crippen molar-refractivity contribution in [2.24, 2.45) is 4.99 Å². The van der Waals surface area contributed by atoms with Crippen molar-refractivity contribution in [2.45, 2.75) is 12.3 Å². The van der Waals surface area contributed by atoms with Crippen molar-refractivity contribution in [2.75, 3.05) is 6.61 Å². The number of aliphatic hydroxyl groups is 1. The van der Waals surface area contributed by atoms with E-state index in [-0.39, 0.29) is 18.9 Å². The molecule has 0 bridgehead atoms. The molecule has 2 rings (SSSR count). The molecule has 2 aliphatic heterocycles. The van der Waals surface area contributed by atoms with Gasteiger partial charge in [-0.2, -0.15) is 0 Å². The van der Waals surface area contributed by atoms with Crippen molar-refractivity contribution in [1.82, 2.24) is 16.0 Å². The van der Waals surface area contributed by atoms with Crippen molar-refractivity contribution in [1.29, 1.82) is 0 Å². The second-order valence-corrected chi connectivity index (χ2v) is 2.49. The lowest BCUT2D eigenvalue weighted by molar-refractivity contribution is 0.217. The van der Waals surface area contributed by atoms with E-state index in [1.54, 1.807) is 6.34 Å². The lowest BCUT2D eigenvalue weighted by Gasteiger charge is -2.25. The van der Waals surface area contributed by atoms with Crippen LogP contribution in [0.25, 0.3) is 0 Å². The molecule has 2 atom stereocenters. The van der Waals surface area contributed by atoms with Crippen LogP contribution in [0.15, 0.2) is 16.9 Å². The van der Waals surface area contributed by atoms with Crippen LogP contribution in [0, 0.1) is 0 Å². The second kappa shape index (κ2) is 2.52. The zero-order valence-corrected chi connectivity index (χ0v) is 5.91. The van der Waals surface area contributed by atoms with Crippen LogP contribution in [0.5, 0.6) is 0 Å². The van der Waals surface area contributed by atoms with Crippen molar-refractivity contribution >= 4 is 6.34 Å². The summed E-state index contributed by atoms with van der Waals surface area (Å²) in [6.45, 7) is 0.0653. The SMILES string of the molecule is OCC1NC=C2NC=NC2N1. The lowest BCUT2D eigenvalue weighted by Crippen LogP contribution is -2.51. The van der Waals surface area contributed by atoms with Gasteiger partial charge in [0.25, 0.3) is 0 Å². The van der Waals surface area contributed by atoms with Crippen molar-refractivity contribution in [3.05, 3.63) is 11.9 Å². The van der Waals surface area contributed by atoms with Gasteiger partial charge >= 0.3 is 0 Å². The molecule has 2 heterocycles. The Kier molecular flexibility index (Phi) is 1.52.